The van der Waals surface area contributed by atoms with Crippen molar-refractivity contribution in [1.82, 2.24) is 14.7 Å². The molecule has 0 N–H and O–H groups in total. The highest BCUT2D eigenvalue weighted by atomic mass is 35.5. The van der Waals surface area contributed by atoms with Gasteiger partial charge in [0.25, 0.3) is 0 Å². The van der Waals surface area contributed by atoms with Crippen molar-refractivity contribution in [3.63, 3.8) is 0 Å². The third-order valence-electron chi connectivity index (χ3n) is 5.41. The van der Waals surface area contributed by atoms with Crippen LogP contribution in [0.3, 0.4) is 0 Å². The molecule has 0 radical (unpaired) electrons. The number of nitrogens with zero attached hydrogens (tertiary/aromatic N) is 3. The maximum absolute atomic E-state index is 12.8. The van der Waals surface area contributed by atoms with Crippen LogP contribution in [-0.2, 0) is 21.1 Å². The van der Waals surface area contributed by atoms with Gasteiger partial charge in [-0.05, 0) is 62.7 Å². The summed E-state index contributed by atoms with van der Waals surface area (Å²) in [6.45, 7) is 4.75. The lowest BCUT2D eigenvalue weighted by Crippen LogP contribution is -2.30. The molecule has 0 saturated heterocycles. The van der Waals surface area contributed by atoms with Gasteiger partial charge in [-0.1, -0.05) is 17.7 Å². The number of likely N-dealkylation sites (N-methyl/N-ethyl adjacent to an activating group) is 1. The van der Waals surface area contributed by atoms with Gasteiger partial charge in [-0.15, -0.1) is 0 Å². The molecule has 0 aliphatic rings. The van der Waals surface area contributed by atoms with E-state index >= 15 is 0 Å². The van der Waals surface area contributed by atoms with Crippen LogP contribution < -0.4 is 4.74 Å². The zero-order valence-corrected chi connectivity index (χ0v) is 20.8. The molecular formula is C24H28ClN3O4S. The number of carbonyl (C=O) groups excluding carboxylic acids is 1. The largest absolute Gasteiger partial charge is 0.493 e. The summed E-state index contributed by atoms with van der Waals surface area (Å²) >= 11 is 5.98. The molecule has 0 unspecified atom stereocenters. The molecule has 176 valence electrons. The van der Waals surface area contributed by atoms with Gasteiger partial charge in [0, 0.05) is 36.1 Å². The summed E-state index contributed by atoms with van der Waals surface area (Å²) in [7, 11) is -1.52. The minimum absolute atomic E-state index is 0.00377. The van der Waals surface area contributed by atoms with Gasteiger partial charge in [0.2, 0.25) is 5.91 Å². The highest BCUT2D eigenvalue weighted by Crippen LogP contribution is 2.21. The molecular weight excluding hydrogens is 462 g/mol. The smallest absolute Gasteiger partial charge is 0.226 e. The Hall–Kier alpha value is -2.84. The second-order valence-corrected chi connectivity index (χ2v) is 10.4. The van der Waals surface area contributed by atoms with Gasteiger partial charge in [-0.25, -0.2) is 13.1 Å². The lowest BCUT2D eigenvalue weighted by molar-refractivity contribution is -0.129. The fourth-order valence-electron chi connectivity index (χ4n) is 3.46. The van der Waals surface area contributed by atoms with Crippen LogP contribution in [0.15, 0.2) is 53.4 Å². The maximum atomic E-state index is 12.8. The van der Waals surface area contributed by atoms with Crippen LogP contribution in [0, 0.1) is 13.8 Å². The van der Waals surface area contributed by atoms with Crippen molar-refractivity contribution < 1.29 is 17.9 Å². The average molecular weight is 490 g/mol. The average Bonchev–Trinajstić information content (AvgIpc) is 3.05. The molecule has 1 amide bonds. The third kappa shape index (κ3) is 6.36. The van der Waals surface area contributed by atoms with E-state index in [1.165, 1.54) is 12.1 Å². The molecule has 0 aliphatic carbocycles. The Morgan fingerprint density at radius 1 is 1.15 bits per heavy atom. The zero-order chi connectivity index (χ0) is 24.2. The van der Waals surface area contributed by atoms with E-state index in [1.54, 1.807) is 24.1 Å². The van der Waals surface area contributed by atoms with Gasteiger partial charge in [-0.2, -0.15) is 5.10 Å². The van der Waals surface area contributed by atoms with Crippen LogP contribution in [0.4, 0.5) is 0 Å². The van der Waals surface area contributed by atoms with Crippen molar-refractivity contribution in [1.29, 1.82) is 0 Å². The lowest BCUT2D eigenvalue weighted by atomic mass is 10.1. The summed E-state index contributed by atoms with van der Waals surface area (Å²) < 4.78 is 30.8. The number of aryl methyl sites for hydroxylation is 1. The number of halogens is 1. The zero-order valence-electron chi connectivity index (χ0n) is 19.2. The molecule has 3 rings (SSSR count). The first-order valence-electron chi connectivity index (χ1n) is 10.5. The van der Waals surface area contributed by atoms with Crippen molar-refractivity contribution in [2.75, 3.05) is 26.5 Å². The van der Waals surface area contributed by atoms with Gasteiger partial charge in [0.05, 0.1) is 29.3 Å². The highest BCUT2D eigenvalue weighted by molar-refractivity contribution is 7.90. The third-order valence-corrected chi connectivity index (χ3v) is 6.77. The van der Waals surface area contributed by atoms with E-state index < -0.39 is 9.84 Å². The van der Waals surface area contributed by atoms with Crippen molar-refractivity contribution in [3.05, 3.63) is 70.5 Å². The fourth-order valence-corrected chi connectivity index (χ4v) is 4.24. The number of aromatic nitrogens is 2. The SMILES string of the molecule is Cc1nn(-c2ccc(Cl)cc2)c(C)c1CC(=O)N(C)CCCOc1cccc(S(C)(=O)=O)c1. The van der Waals surface area contributed by atoms with E-state index in [9.17, 15) is 13.2 Å². The molecule has 0 spiro atoms. The molecule has 3 aromatic rings. The van der Waals surface area contributed by atoms with Gasteiger partial charge < -0.3 is 9.64 Å². The van der Waals surface area contributed by atoms with E-state index in [1.807, 2.05) is 42.8 Å². The number of rotatable bonds is 9. The van der Waals surface area contributed by atoms with E-state index in [0.717, 1.165) is 28.9 Å². The van der Waals surface area contributed by atoms with Gasteiger partial charge >= 0.3 is 0 Å². The topological polar surface area (TPSA) is 81.5 Å². The Balaban J connectivity index is 1.54. The van der Waals surface area contributed by atoms with Crippen LogP contribution in [0.1, 0.15) is 23.4 Å². The first-order valence-corrected chi connectivity index (χ1v) is 12.8. The normalized spacial score (nSPS) is 11.4. The van der Waals surface area contributed by atoms with Crippen LogP contribution in [0.5, 0.6) is 5.75 Å². The summed E-state index contributed by atoms with van der Waals surface area (Å²) in [6.07, 6.45) is 2.04. The monoisotopic (exact) mass is 489 g/mol. The number of sulfone groups is 1. The molecule has 7 nitrogen and oxygen atoms in total. The maximum Gasteiger partial charge on any atom is 0.226 e. The summed E-state index contributed by atoms with van der Waals surface area (Å²) in [6, 6.07) is 13.8. The molecule has 0 saturated carbocycles. The molecule has 0 atom stereocenters. The van der Waals surface area contributed by atoms with Crippen LogP contribution in [0.25, 0.3) is 5.69 Å². The Bertz CT molecular complexity index is 1240. The number of hydrogen-bond donors (Lipinski definition) is 0. The molecule has 33 heavy (non-hydrogen) atoms. The van der Waals surface area contributed by atoms with Gasteiger partial charge in [-0.3, -0.25) is 4.79 Å². The Morgan fingerprint density at radius 2 is 1.85 bits per heavy atom. The molecule has 0 bridgehead atoms. The Morgan fingerprint density at radius 3 is 2.52 bits per heavy atom. The highest BCUT2D eigenvalue weighted by Gasteiger charge is 2.18. The number of ether oxygens (including phenoxy) is 1. The van der Waals surface area contributed by atoms with E-state index in [4.69, 9.17) is 16.3 Å². The summed E-state index contributed by atoms with van der Waals surface area (Å²) in [5, 5.41) is 5.25. The van der Waals surface area contributed by atoms with Crippen molar-refractivity contribution >= 4 is 27.3 Å². The van der Waals surface area contributed by atoms with Crippen LogP contribution in [-0.4, -0.2) is 55.5 Å². The van der Waals surface area contributed by atoms with Crippen LogP contribution in [0.2, 0.25) is 5.02 Å². The first-order chi connectivity index (χ1) is 15.6. The molecule has 0 aliphatic heterocycles. The number of benzene rings is 2. The van der Waals surface area contributed by atoms with Crippen molar-refractivity contribution in [2.24, 2.45) is 0 Å². The standard InChI is InChI=1S/C24H28ClN3O4S/c1-17-23(18(2)28(26-17)20-11-9-19(25)10-12-20)16-24(29)27(3)13-6-14-32-21-7-5-8-22(15-21)33(4,30)31/h5,7-12,15H,6,13-14,16H2,1-4H3. The minimum Gasteiger partial charge on any atom is -0.493 e. The minimum atomic E-state index is -3.28. The summed E-state index contributed by atoms with van der Waals surface area (Å²) in [5.41, 5.74) is 3.55. The Kier molecular flexibility index (Phi) is 7.81. The van der Waals surface area contributed by atoms with Gasteiger partial charge in [0.1, 0.15) is 5.75 Å². The predicted molar refractivity (Wildman–Crippen MR) is 129 cm³/mol. The molecule has 1 heterocycles. The number of hydrogen-bond acceptors (Lipinski definition) is 5. The number of amides is 1. The Labute approximate surface area is 199 Å². The predicted octanol–water partition coefficient (Wildman–Crippen LogP) is 4.02. The van der Waals surface area contributed by atoms with E-state index in [-0.39, 0.29) is 17.2 Å². The molecule has 9 heteroatoms. The van der Waals surface area contributed by atoms with Crippen molar-refractivity contribution in [3.8, 4) is 11.4 Å². The van der Waals surface area contributed by atoms with E-state index in [0.29, 0.717) is 30.3 Å². The van der Waals surface area contributed by atoms with Crippen molar-refractivity contribution in [2.45, 2.75) is 31.6 Å². The van der Waals surface area contributed by atoms with E-state index in [2.05, 4.69) is 5.10 Å². The summed E-state index contributed by atoms with van der Waals surface area (Å²) in [4.78, 5) is 14.7. The second kappa shape index (κ2) is 10.4. The first kappa shape index (κ1) is 24.8. The van der Waals surface area contributed by atoms with Gasteiger partial charge in [0.15, 0.2) is 9.84 Å². The van der Waals surface area contributed by atoms with Crippen LogP contribution >= 0.6 is 11.6 Å². The quantitative estimate of drug-likeness (QED) is 0.424. The number of carbonyl (C=O) groups is 1. The second-order valence-electron chi connectivity index (χ2n) is 7.98. The summed E-state index contributed by atoms with van der Waals surface area (Å²) in [5.74, 6) is 0.490. The molecule has 1 aromatic heterocycles. The lowest BCUT2D eigenvalue weighted by Gasteiger charge is -2.17. The molecule has 2 aromatic carbocycles. The molecule has 0 fully saturated rings. The fraction of sp³-hybridized carbons (Fsp3) is 0.333.